The van der Waals surface area contributed by atoms with Crippen LogP contribution in [-0.2, 0) is 0 Å². The second-order valence-corrected chi connectivity index (χ2v) is 3.70. The molecule has 1 aliphatic carbocycles. The van der Waals surface area contributed by atoms with Crippen LogP contribution < -0.4 is 0 Å². The molecule has 0 fully saturated rings. The van der Waals surface area contributed by atoms with Gasteiger partial charge in [-0.1, -0.05) is 37.1 Å². The van der Waals surface area contributed by atoms with Gasteiger partial charge in [-0.15, -0.1) is 0 Å². The second kappa shape index (κ2) is 3.25. The van der Waals surface area contributed by atoms with Gasteiger partial charge >= 0.3 is 0 Å². The van der Waals surface area contributed by atoms with Crippen molar-refractivity contribution in [2.75, 3.05) is 0 Å². The number of hydrogen-bond acceptors (Lipinski definition) is 0. The van der Waals surface area contributed by atoms with E-state index >= 15 is 0 Å². The molecule has 0 saturated heterocycles. The Morgan fingerprint density at radius 3 is 2.60 bits per heavy atom. The van der Waals surface area contributed by atoms with Crippen LogP contribution in [0, 0.1) is 5.92 Å². The van der Waals surface area contributed by atoms with E-state index in [1.807, 2.05) is 6.08 Å². The molecule has 0 aliphatic heterocycles. The lowest BCUT2D eigenvalue weighted by Crippen LogP contribution is -1.88. The number of hydrogen-bond donors (Lipinski definition) is 0. The Labute approximate surface area is 67.6 Å². The van der Waals surface area contributed by atoms with Gasteiger partial charge in [0.25, 0.3) is 0 Å². The smallest absolute Gasteiger partial charge is 0.0221 e. The quantitative estimate of drug-likeness (QED) is 0.574. The molecule has 1 aliphatic rings. The zero-order valence-corrected chi connectivity index (χ0v) is 7.28. The Kier molecular flexibility index (Phi) is 2.56. The first-order valence-corrected chi connectivity index (χ1v) is 4.10. The van der Waals surface area contributed by atoms with Gasteiger partial charge in [0.2, 0.25) is 0 Å². The second-order valence-electron chi connectivity index (χ2n) is 3.21. The highest BCUT2D eigenvalue weighted by Gasteiger charge is 2.06. The first kappa shape index (κ1) is 7.87. The zero-order valence-electron chi connectivity index (χ0n) is 6.52. The van der Waals surface area contributed by atoms with E-state index in [2.05, 4.69) is 19.9 Å². The zero-order chi connectivity index (χ0) is 7.56. The van der Waals surface area contributed by atoms with Crippen LogP contribution in [0.4, 0.5) is 0 Å². The number of allylic oxidation sites excluding steroid dienone is 4. The molecule has 1 heteroatoms. The van der Waals surface area contributed by atoms with Crippen molar-refractivity contribution in [3.63, 3.8) is 0 Å². The van der Waals surface area contributed by atoms with Crippen LogP contribution in [0.5, 0.6) is 0 Å². The Morgan fingerprint density at radius 2 is 2.20 bits per heavy atom. The normalized spacial score (nSPS) is 17.6. The molecule has 0 nitrogen and oxygen atoms in total. The van der Waals surface area contributed by atoms with Gasteiger partial charge in [-0.25, -0.2) is 0 Å². The Balaban J connectivity index is 2.35. The third kappa shape index (κ3) is 2.18. The van der Waals surface area contributed by atoms with Crippen molar-refractivity contribution in [1.29, 1.82) is 0 Å². The topological polar surface area (TPSA) is 0 Å². The molecule has 0 spiro atoms. The van der Waals surface area contributed by atoms with Gasteiger partial charge in [0.1, 0.15) is 0 Å². The maximum absolute atomic E-state index is 5.80. The lowest BCUT2D eigenvalue weighted by atomic mass is 10.0. The first-order chi connectivity index (χ1) is 4.68. The van der Waals surface area contributed by atoms with E-state index in [4.69, 9.17) is 11.6 Å². The van der Waals surface area contributed by atoms with Gasteiger partial charge in [-0.2, -0.15) is 0 Å². The lowest BCUT2D eigenvalue weighted by molar-refractivity contribution is 0.636. The number of rotatable bonds is 2. The van der Waals surface area contributed by atoms with E-state index in [0.717, 1.165) is 17.4 Å². The summed E-state index contributed by atoms with van der Waals surface area (Å²) in [7, 11) is 0. The van der Waals surface area contributed by atoms with Gasteiger partial charge in [-0.05, 0) is 18.4 Å². The van der Waals surface area contributed by atoms with Crippen LogP contribution >= 0.6 is 11.6 Å². The maximum Gasteiger partial charge on any atom is 0.0221 e. The molecule has 0 atom stereocenters. The van der Waals surface area contributed by atoms with Gasteiger partial charge < -0.3 is 0 Å². The van der Waals surface area contributed by atoms with Crippen LogP contribution in [0.25, 0.3) is 0 Å². The van der Waals surface area contributed by atoms with Gasteiger partial charge in [0.05, 0.1) is 0 Å². The molecule has 0 saturated carbocycles. The molecular weight excluding hydrogens is 144 g/mol. The molecule has 0 amide bonds. The van der Waals surface area contributed by atoms with Crippen molar-refractivity contribution >= 4 is 11.6 Å². The van der Waals surface area contributed by atoms with E-state index in [-0.39, 0.29) is 0 Å². The molecule has 0 heterocycles. The Hall–Kier alpha value is -0.230. The van der Waals surface area contributed by atoms with Crippen LogP contribution in [0.1, 0.15) is 26.7 Å². The molecule has 0 bridgehead atoms. The minimum absolute atomic E-state index is 0.752. The molecule has 0 N–H and O–H groups in total. The molecule has 1 rings (SSSR count). The molecule has 0 aromatic carbocycles. The average Bonchev–Trinajstić information content (AvgIpc) is 2.13. The summed E-state index contributed by atoms with van der Waals surface area (Å²) in [6.07, 6.45) is 6.31. The molecule has 56 valence electrons. The van der Waals surface area contributed by atoms with Crippen LogP contribution in [0.3, 0.4) is 0 Å². The van der Waals surface area contributed by atoms with E-state index in [9.17, 15) is 0 Å². The monoisotopic (exact) mass is 156 g/mol. The fourth-order valence-electron chi connectivity index (χ4n) is 1.21. The van der Waals surface area contributed by atoms with Crippen molar-refractivity contribution in [2.24, 2.45) is 5.92 Å². The van der Waals surface area contributed by atoms with E-state index in [1.54, 1.807) is 0 Å². The fourth-order valence-corrected chi connectivity index (χ4v) is 1.44. The number of halogens is 1. The molecule has 0 aromatic rings. The van der Waals surface area contributed by atoms with Gasteiger partial charge in [0.15, 0.2) is 0 Å². The van der Waals surface area contributed by atoms with Crippen LogP contribution in [-0.4, -0.2) is 0 Å². The maximum atomic E-state index is 5.80. The summed E-state index contributed by atoms with van der Waals surface area (Å²) in [6, 6.07) is 0. The predicted octanol–water partition coefficient (Wildman–Crippen LogP) is 3.49. The minimum atomic E-state index is 0.752. The van der Waals surface area contributed by atoms with Crippen molar-refractivity contribution in [3.8, 4) is 0 Å². The van der Waals surface area contributed by atoms with Crippen LogP contribution in [0.15, 0.2) is 22.8 Å². The summed E-state index contributed by atoms with van der Waals surface area (Å²) in [5.74, 6) is 0.752. The van der Waals surface area contributed by atoms with Crippen molar-refractivity contribution < 1.29 is 0 Å². The SMILES string of the molecule is CC(C)CC1=CC=C(Cl)C1. The fraction of sp³-hybridized carbons (Fsp3) is 0.556. The van der Waals surface area contributed by atoms with E-state index in [1.165, 1.54) is 12.0 Å². The summed E-state index contributed by atoms with van der Waals surface area (Å²) in [5.41, 5.74) is 1.47. The molecule has 10 heavy (non-hydrogen) atoms. The standard InChI is InChI=1S/C9H13Cl/c1-7(2)5-8-3-4-9(10)6-8/h3-4,7H,5-6H2,1-2H3. The Bertz CT molecular complexity index is 175. The Morgan fingerprint density at radius 1 is 1.50 bits per heavy atom. The van der Waals surface area contributed by atoms with E-state index in [0.29, 0.717) is 0 Å². The van der Waals surface area contributed by atoms with E-state index < -0.39 is 0 Å². The highest BCUT2D eigenvalue weighted by atomic mass is 35.5. The van der Waals surface area contributed by atoms with Crippen molar-refractivity contribution in [3.05, 3.63) is 22.8 Å². The molecule has 0 radical (unpaired) electrons. The summed E-state index contributed by atoms with van der Waals surface area (Å²) < 4.78 is 0. The summed E-state index contributed by atoms with van der Waals surface area (Å²) in [4.78, 5) is 0. The van der Waals surface area contributed by atoms with Crippen molar-refractivity contribution in [1.82, 2.24) is 0 Å². The summed E-state index contributed by atoms with van der Waals surface area (Å²) in [5, 5.41) is 0.982. The van der Waals surface area contributed by atoms with Crippen LogP contribution in [0.2, 0.25) is 0 Å². The average molecular weight is 157 g/mol. The van der Waals surface area contributed by atoms with Crippen molar-refractivity contribution in [2.45, 2.75) is 26.7 Å². The van der Waals surface area contributed by atoms with Gasteiger partial charge in [0, 0.05) is 11.5 Å². The lowest BCUT2D eigenvalue weighted by Gasteiger charge is -2.04. The third-order valence-corrected chi connectivity index (χ3v) is 1.83. The summed E-state index contributed by atoms with van der Waals surface area (Å²) in [6.45, 7) is 4.46. The third-order valence-electron chi connectivity index (χ3n) is 1.57. The molecular formula is C9H13Cl. The highest BCUT2D eigenvalue weighted by Crippen LogP contribution is 2.26. The van der Waals surface area contributed by atoms with Gasteiger partial charge in [-0.3, -0.25) is 0 Å². The molecule has 0 unspecified atom stereocenters. The molecule has 0 aromatic heterocycles. The largest absolute Gasteiger partial charge is 0.0888 e. The predicted molar refractivity (Wildman–Crippen MR) is 46.1 cm³/mol. The first-order valence-electron chi connectivity index (χ1n) is 3.72. The summed E-state index contributed by atoms with van der Waals surface area (Å²) >= 11 is 5.80. The minimum Gasteiger partial charge on any atom is -0.0888 e. The highest BCUT2D eigenvalue weighted by molar-refractivity contribution is 6.30.